The maximum atomic E-state index is 12.7. The van der Waals surface area contributed by atoms with Crippen LogP contribution in [0.1, 0.15) is 22.6 Å². The minimum atomic E-state index is -0.373. The lowest BCUT2D eigenvalue weighted by Gasteiger charge is -2.35. The molecule has 154 valence electrons. The monoisotopic (exact) mass is 400 g/mol. The van der Waals surface area contributed by atoms with E-state index in [0.717, 1.165) is 16.7 Å². The van der Waals surface area contributed by atoms with Crippen LogP contribution in [-0.2, 0) is 16.0 Å². The molecule has 1 aliphatic carbocycles. The van der Waals surface area contributed by atoms with Gasteiger partial charge in [0, 0.05) is 17.4 Å². The number of carbonyl (C=O) groups is 1. The van der Waals surface area contributed by atoms with Crippen LogP contribution >= 0.6 is 0 Å². The highest BCUT2D eigenvalue weighted by atomic mass is 16.5. The van der Waals surface area contributed by atoms with Crippen molar-refractivity contribution in [3.63, 3.8) is 0 Å². The average molecular weight is 400 g/mol. The summed E-state index contributed by atoms with van der Waals surface area (Å²) in [4.78, 5) is 12.7. The molecule has 1 heterocycles. The number of rotatable bonds is 5. The second-order valence-corrected chi connectivity index (χ2v) is 7.25. The predicted molar refractivity (Wildman–Crippen MR) is 104 cm³/mol. The Hall–Kier alpha value is -3.09. The van der Waals surface area contributed by atoms with Gasteiger partial charge in [0.25, 0.3) is 0 Å². The number of carbonyl (C=O) groups excluding carboxylic acids is 1. The van der Waals surface area contributed by atoms with Crippen molar-refractivity contribution in [3.05, 3.63) is 41.0 Å². The van der Waals surface area contributed by atoms with Crippen molar-refractivity contribution in [2.45, 2.75) is 12.3 Å². The van der Waals surface area contributed by atoms with E-state index >= 15 is 0 Å². The van der Waals surface area contributed by atoms with Crippen LogP contribution < -0.4 is 18.9 Å². The van der Waals surface area contributed by atoms with Crippen LogP contribution in [-0.4, -0.2) is 46.1 Å². The molecule has 2 aromatic carbocycles. The lowest BCUT2D eigenvalue weighted by atomic mass is 9.67. The number of hydrogen-bond donors (Lipinski definition) is 1. The van der Waals surface area contributed by atoms with Gasteiger partial charge in [0.05, 0.1) is 41.0 Å². The highest BCUT2D eigenvalue weighted by molar-refractivity contribution is 5.79. The topological polar surface area (TPSA) is 83.5 Å². The van der Waals surface area contributed by atoms with E-state index in [0.29, 0.717) is 36.0 Å². The van der Waals surface area contributed by atoms with Crippen LogP contribution in [0, 0.1) is 11.8 Å². The molecule has 1 N–H and O–H groups in total. The lowest BCUT2D eigenvalue weighted by Crippen LogP contribution is -2.32. The molecule has 0 aromatic heterocycles. The largest absolute Gasteiger partial charge is 0.504 e. The van der Waals surface area contributed by atoms with E-state index in [9.17, 15) is 9.90 Å². The normalized spacial score (nSPS) is 22.3. The highest BCUT2D eigenvalue weighted by Gasteiger charge is 2.49. The summed E-state index contributed by atoms with van der Waals surface area (Å²) in [6.45, 7) is 0.373. The third-order valence-electron chi connectivity index (χ3n) is 5.89. The molecule has 0 bridgehead atoms. The Bertz CT molecular complexity index is 953. The number of methoxy groups -OCH3 is 4. The van der Waals surface area contributed by atoms with E-state index in [4.69, 9.17) is 23.7 Å². The van der Waals surface area contributed by atoms with Crippen molar-refractivity contribution in [2.75, 3.05) is 35.0 Å². The molecule has 4 rings (SSSR count). The molecule has 0 amide bonds. The third-order valence-corrected chi connectivity index (χ3v) is 5.89. The van der Waals surface area contributed by atoms with Gasteiger partial charge in [-0.2, -0.15) is 0 Å². The molecule has 1 fully saturated rings. The second-order valence-electron chi connectivity index (χ2n) is 7.25. The molecule has 1 aliphatic heterocycles. The van der Waals surface area contributed by atoms with E-state index in [-0.39, 0.29) is 29.5 Å². The van der Waals surface area contributed by atoms with Crippen LogP contribution in [0.2, 0.25) is 0 Å². The Morgan fingerprint density at radius 3 is 2.31 bits per heavy atom. The molecule has 1 saturated heterocycles. The summed E-state index contributed by atoms with van der Waals surface area (Å²) in [5, 5.41) is 10.4. The Labute approximate surface area is 169 Å². The van der Waals surface area contributed by atoms with Crippen molar-refractivity contribution in [3.8, 4) is 28.7 Å². The number of fused-ring (bicyclic) bond motifs is 2. The van der Waals surface area contributed by atoms with Crippen molar-refractivity contribution >= 4 is 5.97 Å². The zero-order valence-corrected chi connectivity index (χ0v) is 16.9. The first-order chi connectivity index (χ1) is 14.0. The predicted octanol–water partition coefficient (Wildman–Crippen LogP) is 2.90. The number of ether oxygens (including phenoxy) is 5. The van der Waals surface area contributed by atoms with E-state index in [2.05, 4.69) is 0 Å². The van der Waals surface area contributed by atoms with Gasteiger partial charge in [0.15, 0.2) is 23.0 Å². The molecule has 0 spiro atoms. The first-order valence-corrected chi connectivity index (χ1v) is 9.39. The van der Waals surface area contributed by atoms with E-state index < -0.39 is 0 Å². The van der Waals surface area contributed by atoms with Gasteiger partial charge in [-0.25, -0.2) is 0 Å². The maximum absolute atomic E-state index is 12.7. The van der Waals surface area contributed by atoms with Crippen molar-refractivity contribution in [2.24, 2.45) is 11.8 Å². The molecule has 2 aromatic rings. The Balaban J connectivity index is 1.98. The number of aromatic hydroxyl groups is 1. The highest BCUT2D eigenvalue weighted by Crippen LogP contribution is 2.55. The first kappa shape index (κ1) is 19.2. The summed E-state index contributed by atoms with van der Waals surface area (Å²) in [7, 11) is 6.20. The zero-order chi connectivity index (χ0) is 20.7. The lowest BCUT2D eigenvalue weighted by molar-refractivity contribution is -0.141. The van der Waals surface area contributed by atoms with Crippen LogP contribution in [0.3, 0.4) is 0 Å². The smallest absolute Gasteiger partial charge is 0.310 e. The summed E-state index contributed by atoms with van der Waals surface area (Å²) in [5.41, 5.74) is 2.65. The average Bonchev–Trinajstić information content (AvgIpc) is 3.10. The molecule has 7 nitrogen and oxygen atoms in total. The number of phenols is 1. The van der Waals surface area contributed by atoms with Crippen LogP contribution in [0.25, 0.3) is 0 Å². The standard InChI is InChI=1S/C22H24O7/c1-25-15-6-5-11(8-14(15)23)17-18-12(7-13-10-29-22(24)19(13)17)9-16(26-2)20(27-3)21(18)28-4/h5-6,8-9,13,17,19,23H,7,10H2,1-4H3/t13-,17-,19-/m0/s1. The van der Waals surface area contributed by atoms with Crippen LogP contribution in [0.15, 0.2) is 24.3 Å². The zero-order valence-electron chi connectivity index (χ0n) is 16.9. The number of phenolic OH excluding ortho intramolecular Hbond substituents is 1. The van der Waals surface area contributed by atoms with E-state index in [1.54, 1.807) is 33.5 Å². The van der Waals surface area contributed by atoms with E-state index in [1.807, 2.05) is 12.1 Å². The van der Waals surface area contributed by atoms with Gasteiger partial charge in [-0.15, -0.1) is 0 Å². The van der Waals surface area contributed by atoms with Gasteiger partial charge < -0.3 is 28.8 Å². The van der Waals surface area contributed by atoms with Gasteiger partial charge in [-0.1, -0.05) is 6.07 Å². The van der Waals surface area contributed by atoms with Gasteiger partial charge in [0.2, 0.25) is 5.75 Å². The van der Waals surface area contributed by atoms with Gasteiger partial charge in [-0.05, 0) is 35.7 Å². The summed E-state index contributed by atoms with van der Waals surface area (Å²) in [5.74, 6) is 1.02. The fourth-order valence-corrected chi connectivity index (χ4v) is 4.65. The van der Waals surface area contributed by atoms with Crippen molar-refractivity contribution in [1.82, 2.24) is 0 Å². The van der Waals surface area contributed by atoms with Crippen molar-refractivity contribution in [1.29, 1.82) is 0 Å². The molecule has 7 heteroatoms. The Morgan fingerprint density at radius 1 is 0.966 bits per heavy atom. The summed E-state index contributed by atoms with van der Waals surface area (Å²) >= 11 is 0. The fourth-order valence-electron chi connectivity index (χ4n) is 4.65. The minimum Gasteiger partial charge on any atom is -0.504 e. The van der Waals surface area contributed by atoms with Gasteiger partial charge in [0.1, 0.15) is 0 Å². The van der Waals surface area contributed by atoms with Crippen molar-refractivity contribution < 1.29 is 33.6 Å². The molecule has 2 aliphatic rings. The van der Waals surface area contributed by atoms with E-state index in [1.165, 1.54) is 7.11 Å². The van der Waals surface area contributed by atoms with Crippen LogP contribution in [0.4, 0.5) is 0 Å². The molecule has 0 saturated carbocycles. The first-order valence-electron chi connectivity index (χ1n) is 9.39. The molecular formula is C22H24O7. The fraction of sp³-hybridized carbons (Fsp3) is 0.409. The molecule has 0 unspecified atom stereocenters. The molecule has 29 heavy (non-hydrogen) atoms. The number of benzene rings is 2. The second kappa shape index (κ2) is 7.39. The number of cyclic esters (lactones) is 1. The summed E-state index contributed by atoms with van der Waals surface area (Å²) in [6, 6.07) is 7.13. The molecule has 3 atom stereocenters. The third kappa shape index (κ3) is 2.92. The molecular weight excluding hydrogens is 376 g/mol. The number of esters is 1. The Kier molecular flexibility index (Phi) is 4.90. The molecule has 0 radical (unpaired) electrons. The Morgan fingerprint density at radius 2 is 1.69 bits per heavy atom. The minimum absolute atomic E-state index is 0.0134. The quantitative estimate of drug-likeness (QED) is 0.773. The SMILES string of the molecule is COc1ccc([C@H]2c3c(cc(OC)c(OC)c3OC)C[C@H]3COC(=O)[C@@H]32)cc1O. The maximum Gasteiger partial charge on any atom is 0.310 e. The van der Waals surface area contributed by atoms with Crippen LogP contribution in [0.5, 0.6) is 28.7 Å². The van der Waals surface area contributed by atoms with Gasteiger partial charge >= 0.3 is 5.97 Å². The van der Waals surface area contributed by atoms with Gasteiger partial charge in [-0.3, -0.25) is 4.79 Å². The number of hydrogen-bond acceptors (Lipinski definition) is 7. The summed E-state index contributed by atoms with van der Waals surface area (Å²) < 4.78 is 27.4. The summed E-state index contributed by atoms with van der Waals surface area (Å²) in [6.07, 6.45) is 0.668.